The number of esters is 1. The molecule has 2 aromatic carbocycles. The van der Waals surface area contributed by atoms with Gasteiger partial charge in [0.1, 0.15) is 11.4 Å². The van der Waals surface area contributed by atoms with Gasteiger partial charge in [-0.15, -0.1) is 0 Å². The number of hydrogen-bond acceptors (Lipinski definition) is 4. The summed E-state index contributed by atoms with van der Waals surface area (Å²) in [6.07, 6.45) is 0.348. The number of benzene rings is 2. The van der Waals surface area contributed by atoms with Crippen LogP contribution in [-0.2, 0) is 16.0 Å². The average molecular weight is 331 g/mol. The molecule has 5 nitrogen and oxygen atoms in total. The summed E-state index contributed by atoms with van der Waals surface area (Å²) in [6.45, 7) is 1.70. The smallest absolute Gasteiger partial charge is 0.341 e. The lowest BCUT2D eigenvalue weighted by Crippen LogP contribution is -2.22. The van der Waals surface area contributed by atoms with E-state index in [0.29, 0.717) is 12.0 Å². The minimum Gasteiger partial charge on any atom is -0.505 e. The zero-order valence-electron chi connectivity index (χ0n) is 13.4. The van der Waals surface area contributed by atoms with E-state index in [0.717, 1.165) is 0 Å². The molecule has 0 aliphatic rings. The predicted octanol–water partition coefficient (Wildman–Crippen LogP) is 3.14. The molecule has 0 radical (unpaired) electrons. The Bertz CT molecular complexity index is 760. The van der Waals surface area contributed by atoms with Gasteiger partial charge in [-0.3, -0.25) is 4.79 Å². The summed E-state index contributed by atoms with van der Waals surface area (Å²) in [5.74, 6) is -2.21. The van der Waals surface area contributed by atoms with Crippen molar-refractivity contribution in [1.29, 1.82) is 0 Å². The maximum Gasteiger partial charge on any atom is 0.341 e. The molecular weight excluding hydrogens is 313 g/mol. The van der Waals surface area contributed by atoms with E-state index in [4.69, 9.17) is 0 Å². The molecule has 0 fully saturated rings. The first-order valence-electron chi connectivity index (χ1n) is 7.38. The Balaban J connectivity index is 2.10. The molecule has 0 spiro atoms. The van der Waals surface area contributed by atoms with Gasteiger partial charge in [-0.2, -0.15) is 0 Å². The number of anilines is 1. The number of aromatic hydroxyl groups is 1. The molecule has 1 atom stereocenters. The molecule has 24 heavy (non-hydrogen) atoms. The highest BCUT2D eigenvalue weighted by Crippen LogP contribution is 2.28. The number of nitrogens with one attached hydrogen (secondary N) is 1. The van der Waals surface area contributed by atoms with Crippen molar-refractivity contribution in [2.45, 2.75) is 13.3 Å². The van der Waals surface area contributed by atoms with Crippen LogP contribution in [0.5, 0.6) is 5.75 Å². The zero-order chi connectivity index (χ0) is 17.7. The predicted molar refractivity (Wildman–Crippen MR) is 87.3 cm³/mol. The van der Waals surface area contributed by atoms with Gasteiger partial charge in [0, 0.05) is 5.92 Å². The molecule has 0 aromatic heterocycles. The van der Waals surface area contributed by atoms with E-state index in [2.05, 4.69) is 10.1 Å². The van der Waals surface area contributed by atoms with Crippen molar-refractivity contribution in [3.63, 3.8) is 0 Å². The van der Waals surface area contributed by atoms with Crippen molar-refractivity contribution in [2.75, 3.05) is 12.4 Å². The highest BCUT2D eigenvalue weighted by atomic mass is 19.1. The summed E-state index contributed by atoms with van der Waals surface area (Å²) in [5, 5.41) is 12.7. The summed E-state index contributed by atoms with van der Waals surface area (Å²) >= 11 is 0. The topological polar surface area (TPSA) is 75.6 Å². The van der Waals surface area contributed by atoms with Crippen LogP contribution in [0, 0.1) is 11.7 Å². The van der Waals surface area contributed by atoms with Gasteiger partial charge in [0.15, 0.2) is 5.75 Å². The number of phenols is 1. The van der Waals surface area contributed by atoms with Crippen molar-refractivity contribution < 1.29 is 23.8 Å². The number of ether oxygens (including phenoxy) is 1. The minimum absolute atomic E-state index is 0.0342. The van der Waals surface area contributed by atoms with E-state index < -0.39 is 11.9 Å². The Kier molecular flexibility index (Phi) is 5.52. The molecule has 0 heterocycles. The van der Waals surface area contributed by atoms with Crippen LogP contribution in [0.3, 0.4) is 0 Å². The van der Waals surface area contributed by atoms with Gasteiger partial charge in [-0.05, 0) is 36.2 Å². The number of carbonyl (C=O) groups is 2. The molecule has 2 aromatic rings. The normalized spacial score (nSPS) is 11.6. The fourth-order valence-electron chi connectivity index (χ4n) is 2.29. The lowest BCUT2D eigenvalue weighted by atomic mass is 10.00. The van der Waals surface area contributed by atoms with E-state index in [1.54, 1.807) is 19.1 Å². The number of halogens is 1. The van der Waals surface area contributed by atoms with Crippen LogP contribution in [0.1, 0.15) is 22.8 Å². The summed E-state index contributed by atoms with van der Waals surface area (Å²) in [6, 6.07) is 10.4. The molecule has 2 rings (SSSR count). The molecule has 2 N–H and O–H groups in total. The van der Waals surface area contributed by atoms with E-state index in [1.807, 2.05) is 0 Å². The molecule has 0 aliphatic heterocycles. The molecular formula is C18H18FNO4. The minimum atomic E-state index is -0.698. The highest BCUT2D eigenvalue weighted by Gasteiger charge is 2.19. The van der Waals surface area contributed by atoms with Gasteiger partial charge in [0.05, 0.1) is 12.8 Å². The maximum absolute atomic E-state index is 13.2. The van der Waals surface area contributed by atoms with Crippen LogP contribution in [0.2, 0.25) is 0 Å². The Hall–Kier alpha value is -2.89. The summed E-state index contributed by atoms with van der Waals surface area (Å²) < 4.78 is 17.8. The number of carbonyl (C=O) groups excluding carboxylic acids is 2. The second kappa shape index (κ2) is 7.59. The average Bonchev–Trinajstić information content (AvgIpc) is 2.56. The van der Waals surface area contributed by atoms with Crippen LogP contribution >= 0.6 is 0 Å². The van der Waals surface area contributed by atoms with Crippen LogP contribution in [0.15, 0.2) is 42.5 Å². The Morgan fingerprint density at radius 2 is 1.96 bits per heavy atom. The summed E-state index contributed by atoms with van der Waals surface area (Å²) in [5.41, 5.74) is 0.784. The van der Waals surface area contributed by atoms with Crippen molar-refractivity contribution in [3.8, 4) is 5.75 Å². The third-order valence-corrected chi connectivity index (χ3v) is 3.58. The fourth-order valence-corrected chi connectivity index (χ4v) is 2.29. The molecule has 6 heteroatoms. The van der Waals surface area contributed by atoms with E-state index >= 15 is 0 Å². The van der Waals surface area contributed by atoms with Gasteiger partial charge >= 0.3 is 5.97 Å². The molecule has 0 bridgehead atoms. The van der Waals surface area contributed by atoms with Crippen molar-refractivity contribution in [1.82, 2.24) is 0 Å². The monoisotopic (exact) mass is 331 g/mol. The van der Waals surface area contributed by atoms with Gasteiger partial charge in [-0.25, -0.2) is 9.18 Å². The van der Waals surface area contributed by atoms with Crippen LogP contribution in [0.25, 0.3) is 0 Å². The Morgan fingerprint density at radius 3 is 2.62 bits per heavy atom. The van der Waals surface area contributed by atoms with Gasteiger partial charge in [0.2, 0.25) is 5.91 Å². The quantitative estimate of drug-likeness (QED) is 0.652. The lowest BCUT2D eigenvalue weighted by molar-refractivity contribution is -0.119. The summed E-state index contributed by atoms with van der Waals surface area (Å²) in [4.78, 5) is 23.8. The highest BCUT2D eigenvalue weighted by molar-refractivity contribution is 5.99. The van der Waals surface area contributed by atoms with Crippen molar-refractivity contribution in [2.24, 2.45) is 5.92 Å². The Labute approximate surface area is 139 Å². The standard InChI is InChI=1S/C18H18FNO4/c1-11(9-12-5-3-6-13(19)10-12)17(22)20-15-8-4-7-14(16(15)21)18(23)24-2/h3-8,10-11,21H,9H2,1-2H3,(H,20,22). The first kappa shape index (κ1) is 17.5. The number of phenolic OH excluding ortho intramolecular Hbond substituents is 1. The molecule has 0 saturated heterocycles. The number of para-hydroxylation sites is 1. The van der Waals surface area contributed by atoms with E-state index in [-0.39, 0.29) is 28.7 Å². The molecule has 126 valence electrons. The molecule has 1 unspecified atom stereocenters. The third-order valence-electron chi connectivity index (χ3n) is 3.58. The Morgan fingerprint density at radius 1 is 1.25 bits per heavy atom. The maximum atomic E-state index is 13.2. The summed E-state index contributed by atoms with van der Waals surface area (Å²) in [7, 11) is 1.20. The van der Waals surface area contributed by atoms with Crippen LogP contribution < -0.4 is 5.32 Å². The fraction of sp³-hybridized carbons (Fsp3) is 0.222. The number of rotatable bonds is 5. The van der Waals surface area contributed by atoms with Crippen LogP contribution in [0.4, 0.5) is 10.1 Å². The van der Waals surface area contributed by atoms with Crippen LogP contribution in [-0.4, -0.2) is 24.1 Å². The molecule has 1 amide bonds. The second-order valence-electron chi connectivity index (χ2n) is 5.42. The van der Waals surface area contributed by atoms with Gasteiger partial charge in [0.25, 0.3) is 0 Å². The van der Waals surface area contributed by atoms with E-state index in [9.17, 15) is 19.1 Å². The molecule has 0 aliphatic carbocycles. The lowest BCUT2D eigenvalue weighted by Gasteiger charge is -2.14. The van der Waals surface area contributed by atoms with E-state index in [1.165, 1.54) is 37.4 Å². The number of hydrogen-bond donors (Lipinski definition) is 2. The van der Waals surface area contributed by atoms with Crippen molar-refractivity contribution >= 4 is 17.6 Å². The zero-order valence-corrected chi connectivity index (χ0v) is 13.4. The number of methoxy groups -OCH3 is 1. The first-order chi connectivity index (χ1) is 11.4. The largest absolute Gasteiger partial charge is 0.505 e. The van der Waals surface area contributed by atoms with Gasteiger partial charge in [-0.1, -0.05) is 25.1 Å². The third kappa shape index (κ3) is 4.10. The van der Waals surface area contributed by atoms with Gasteiger partial charge < -0.3 is 15.2 Å². The first-order valence-corrected chi connectivity index (χ1v) is 7.38. The molecule has 0 saturated carbocycles. The van der Waals surface area contributed by atoms with Crippen molar-refractivity contribution in [3.05, 3.63) is 59.4 Å². The number of amides is 1. The second-order valence-corrected chi connectivity index (χ2v) is 5.42. The SMILES string of the molecule is COC(=O)c1cccc(NC(=O)C(C)Cc2cccc(F)c2)c1O.